The van der Waals surface area contributed by atoms with E-state index in [-0.39, 0.29) is 5.38 Å². The van der Waals surface area contributed by atoms with Gasteiger partial charge in [0.1, 0.15) is 6.29 Å². The van der Waals surface area contributed by atoms with Crippen molar-refractivity contribution in [1.29, 1.82) is 0 Å². The summed E-state index contributed by atoms with van der Waals surface area (Å²) in [4.78, 5) is 10.0. The molecule has 0 spiro atoms. The van der Waals surface area contributed by atoms with E-state index < -0.39 is 0 Å². The Labute approximate surface area is 67.1 Å². The summed E-state index contributed by atoms with van der Waals surface area (Å²) in [5, 5.41) is -0.287. The molecular formula is C8H13ClO. The molecule has 0 amide bonds. The second-order valence-electron chi connectivity index (χ2n) is 2.23. The minimum atomic E-state index is -0.287. The average Bonchev–Trinajstić information content (AvgIpc) is 1.98. The van der Waals surface area contributed by atoms with Gasteiger partial charge < -0.3 is 4.79 Å². The van der Waals surface area contributed by atoms with Crippen LogP contribution in [0.3, 0.4) is 0 Å². The highest BCUT2D eigenvalue weighted by Gasteiger charge is 1.99. The van der Waals surface area contributed by atoms with Crippen LogP contribution in [0.5, 0.6) is 0 Å². The van der Waals surface area contributed by atoms with Gasteiger partial charge in [-0.05, 0) is 19.3 Å². The lowest BCUT2D eigenvalue weighted by Crippen LogP contribution is -1.98. The maximum Gasteiger partial charge on any atom is 0.137 e. The second kappa shape index (κ2) is 6.81. The first kappa shape index (κ1) is 9.70. The van der Waals surface area contributed by atoms with Crippen molar-refractivity contribution in [3.05, 3.63) is 12.7 Å². The van der Waals surface area contributed by atoms with E-state index in [0.717, 1.165) is 32.0 Å². The molecule has 0 unspecified atom stereocenters. The van der Waals surface area contributed by atoms with Crippen LogP contribution in [-0.2, 0) is 4.79 Å². The van der Waals surface area contributed by atoms with Crippen LogP contribution >= 0.6 is 11.6 Å². The van der Waals surface area contributed by atoms with Gasteiger partial charge in [-0.3, -0.25) is 0 Å². The number of allylic oxidation sites excluding steroid dienone is 1. The molecule has 1 atom stereocenters. The average molecular weight is 161 g/mol. The highest BCUT2D eigenvalue weighted by Crippen LogP contribution is 2.06. The number of aldehydes is 1. The zero-order valence-electron chi connectivity index (χ0n) is 6.05. The second-order valence-corrected chi connectivity index (χ2v) is 2.79. The van der Waals surface area contributed by atoms with E-state index in [0.29, 0.717) is 0 Å². The maximum absolute atomic E-state index is 10.0. The molecule has 0 saturated heterocycles. The minimum absolute atomic E-state index is 0.287. The van der Waals surface area contributed by atoms with Crippen molar-refractivity contribution in [1.82, 2.24) is 0 Å². The highest BCUT2D eigenvalue weighted by molar-refractivity contribution is 6.27. The lowest BCUT2D eigenvalue weighted by molar-refractivity contribution is -0.107. The van der Waals surface area contributed by atoms with Crippen LogP contribution in [0, 0.1) is 0 Å². The van der Waals surface area contributed by atoms with E-state index in [1.54, 1.807) is 0 Å². The molecule has 0 heterocycles. The molecule has 0 N–H and O–H groups in total. The summed E-state index contributed by atoms with van der Waals surface area (Å²) < 4.78 is 0. The van der Waals surface area contributed by atoms with Gasteiger partial charge in [-0.15, -0.1) is 18.2 Å². The number of unbranched alkanes of at least 4 members (excludes halogenated alkanes) is 2. The van der Waals surface area contributed by atoms with Crippen LogP contribution in [0.15, 0.2) is 12.7 Å². The number of rotatable bonds is 6. The van der Waals surface area contributed by atoms with E-state index in [1.807, 2.05) is 6.08 Å². The third-order valence-corrected chi connectivity index (χ3v) is 1.61. The quantitative estimate of drug-likeness (QED) is 0.253. The van der Waals surface area contributed by atoms with Crippen molar-refractivity contribution in [2.24, 2.45) is 0 Å². The van der Waals surface area contributed by atoms with Crippen LogP contribution in [0.2, 0.25) is 0 Å². The first-order valence-electron chi connectivity index (χ1n) is 3.51. The molecule has 1 nitrogen and oxygen atoms in total. The van der Waals surface area contributed by atoms with E-state index in [4.69, 9.17) is 11.6 Å². The fourth-order valence-corrected chi connectivity index (χ4v) is 0.850. The van der Waals surface area contributed by atoms with E-state index >= 15 is 0 Å². The summed E-state index contributed by atoms with van der Waals surface area (Å²) in [6.45, 7) is 3.59. The summed E-state index contributed by atoms with van der Waals surface area (Å²) in [5.41, 5.74) is 0. The number of hydrogen-bond acceptors (Lipinski definition) is 1. The Balaban J connectivity index is 3.02. The summed E-state index contributed by atoms with van der Waals surface area (Å²) in [7, 11) is 0. The highest BCUT2D eigenvalue weighted by atomic mass is 35.5. The van der Waals surface area contributed by atoms with Gasteiger partial charge in [0.15, 0.2) is 0 Å². The van der Waals surface area contributed by atoms with Gasteiger partial charge in [-0.25, -0.2) is 0 Å². The number of hydrogen-bond donors (Lipinski definition) is 0. The van der Waals surface area contributed by atoms with Crippen LogP contribution in [0.4, 0.5) is 0 Å². The van der Waals surface area contributed by atoms with Crippen LogP contribution in [0.25, 0.3) is 0 Å². The number of alkyl halides is 1. The molecule has 0 aliphatic heterocycles. The smallest absolute Gasteiger partial charge is 0.137 e. The molecule has 0 rings (SSSR count). The lowest BCUT2D eigenvalue weighted by atomic mass is 10.1. The third-order valence-electron chi connectivity index (χ3n) is 1.29. The monoisotopic (exact) mass is 160 g/mol. The van der Waals surface area contributed by atoms with E-state index in [9.17, 15) is 4.79 Å². The SMILES string of the molecule is C=CCCCC[C@H](Cl)C=O. The Hall–Kier alpha value is -0.300. The zero-order chi connectivity index (χ0) is 7.82. The van der Waals surface area contributed by atoms with E-state index in [1.165, 1.54) is 0 Å². The Morgan fingerprint density at radius 3 is 2.70 bits per heavy atom. The zero-order valence-corrected chi connectivity index (χ0v) is 6.81. The van der Waals surface area contributed by atoms with Gasteiger partial charge in [-0.1, -0.05) is 12.5 Å². The largest absolute Gasteiger partial charge is 0.302 e. The Bertz CT molecular complexity index is 101. The molecule has 0 aromatic carbocycles. The molecule has 0 fully saturated rings. The van der Waals surface area contributed by atoms with Gasteiger partial charge in [0.05, 0.1) is 5.38 Å². The summed E-state index contributed by atoms with van der Waals surface area (Å²) in [6, 6.07) is 0. The molecule has 0 saturated carbocycles. The van der Waals surface area contributed by atoms with Gasteiger partial charge in [0.25, 0.3) is 0 Å². The van der Waals surface area contributed by atoms with Crippen molar-refractivity contribution in [2.75, 3.05) is 0 Å². The molecule has 0 aliphatic rings. The van der Waals surface area contributed by atoms with Gasteiger partial charge in [-0.2, -0.15) is 0 Å². The van der Waals surface area contributed by atoms with Gasteiger partial charge in [0, 0.05) is 0 Å². The van der Waals surface area contributed by atoms with Crippen molar-refractivity contribution in [2.45, 2.75) is 31.1 Å². The van der Waals surface area contributed by atoms with Crippen LogP contribution in [-0.4, -0.2) is 11.7 Å². The molecular weight excluding hydrogens is 148 g/mol. The van der Waals surface area contributed by atoms with Crippen molar-refractivity contribution < 1.29 is 4.79 Å². The molecule has 0 aliphatic carbocycles. The molecule has 10 heavy (non-hydrogen) atoms. The van der Waals surface area contributed by atoms with E-state index in [2.05, 4.69) is 6.58 Å². The Kier molecular flexibility index (Phi) is 6.61. The van der Waals surface area contributed by atoms with Crippen molar-refractivity contribution in [3.63, 3.8) is 0 Å². The fraction of sp³-hybridized carbons (Fsp3) is 0.625. The minimum Gasteiger partial charge on any atom is -0.302 e. The van der Waals surface area contributed by atoms with Crippen molar-refractivity contribution in [3.8, 4) is 0 Å². The Morgan fingerprint density at radius 2 is 2.20 bits per heavy atom. The first-order chi connectivity index (χ1) is 4.81. The lowest BCUT2D eigenvalue weighted by Gasteiger charge is -1.98. The number of halogens is 1. The van der Waals surface area contributed by atoms with Crippen molar-refractivity contribution >= 4 is 17.9 Å². The molecule has 2 heteroatoms. The predicted octanol–water partition coefficient (Wildman–Crippen LogP) is 2.54. The molecule has 0 aromatic rings. The standard InChI is InChI=1S/C8H13ClO/c1-2-3-4-5-6-8(9)7-10/h2,7-8H,1,3-6H2/t8-/m0/s1. The molecule has 0 aromatic heterocycles. The molecule has 0 bridgehead atoms. The number of carbonyl (C=O) groups is 1. The molecule has 0 radical (unpaired) electrons. The van der Waals surface area contributed by atoms with Gasteiger partial charge >= 0.3 is 0 Å². The van der Waals surface area contributed by atoms with Gasteiger partial charge in [0.2, 0.25) is 0 Å². The topological polar surface area (TPSA) is 17.1 Å². The van der Waals surface area contributed by atoms with Crippen LogP contribution < -0.4 is 0 Å². The Morgan fingerprint density at radius 1 is 1.50 bits per heavy atom. The predicted molar refractivity (Wildman–Crippen MR) is 44.4 cm³/mol. The summed E-state index contributed by atoms with van der Waals surface area (Å²) >= 11 is 5.55. The first-order valence-corrected chi connectivity index (χ1v) is 3.95. The normalized spacial score (nSPS) is 12.5. The maximum atomic E-state index is 10.0. The number of carbonyl (C=O) groups excluding carboxylic acids is 1. The molecule has 58 valence electrons. The van der Waals surface area contributed by atoms with Crippen LogP contribution in [0.1, 0.15) is 25.7 Å². The summed E-state index contributed by atoms with van der Waals surface area (Å²) in [5.74, 6) is 0. The fourth-order valence-electron chi connectivity index (χ4n) is 0.696. The third kappa shape index (κ3) is 5.83. The summed E-state index contributed by atoms with van der Waals surface area (Å²) in [6.07, 6.45) is 6.57.